The van der Waals surface area contributed by atoms with Gasteiger partial charge in [0.25, 0.3) is 0 Å². The lowest BCUT2D eigenvalue weighted by atomic mass is 10.0. The van der Waals surface area contributed by atoms with E-state index in [1.807, 2.05) is 11.8 Å². The van der Waals surface area contributed by atoms with E-state index < -0.39 is 0 Å². The van der Waals surface area contributed by atoms with Crippen molar-refractivity contribution in [3.63, 3.8) is 0 Å². The van der Waals surface area contributed by atoms with Gasteiger partial charge in [-0.25, -0.2) is 0 Å². The maximum Gasteiger partial charge on any atom is 0.236 e. The molecule has 5 nitrogen and oxygen atoms in total. The summed E-state index contributed by atoms with van der Waals surface area (Å²) in [6, 6.07) is 0.168. The van der Waals surface area contributed by atoms with Gasteiger partial charge >= 0.3 is 0 Å². The van der Waals surface area contributed by atoms with Crippen LogP contribution in [0.15, 0.2) is 0 Å². The Bertz CT molecular complexity index is 260. The molecule has 0 spiro atoms. The molecule has 0 saturated carbocycles. The summed E-state index contributed by atoms with van der Waals surface area (Å²) in [5, 5.41) is 5.89. The topological polar surface area (TPSA) is 61.4 Å². The molecule has 0 radical (unpaired) electrons. The van der Waals surface area contributed by atoms with Crippen molar-refractivity contribution in [1.82, 2.24) is 15.5 Å². The third-order valence-corrected chi connectivity index (χ3v) is 3.07. The Labute approximate surface area is 96.6 Å². The van der Waals surface area contributed by atoms with Crippen LogP contribution in [0.1, 0.15) is 26.7 Å². The van der Waals surface area contributed by atoms with Crippen molar-refractivity contribution in [3.05, 3.63) is 0 Å². The summed E-state index contributed by atoms with van der Waals surface area (Å²) >= 11 is 0. The van der Waals surface area contributed by atoms with E-state index in [-0.39, 0.29) is 17.9 Å². The fourth-order valence-electron chi connectivity index (χ4n) is 2.01. The number of amides is 2. The molecule has 1 aliphatic rings. The Morgan fingerprint density at radius 2 is 1.88 bits per heavy atom. The van der Waals surface area contributed by atoms with Crippen molar-refractivity contribution in [2.45, 2.75) is 38.8 Å². The largest absolute Gasteiger partial charge is 0.358 e. The van der Waals surface area contributed by atoms with E-state index in [9.17, 15) is 9.59 Å². The second-order valence-corrected chi connectivity index (χ2v) is 4.28. The lowest BCUT2D eigenvalue weighted by Crippen LogP contribution is -2.50. The third kappa shape index (κ3) is 3.48. The molecule has 92 valence electrons. The van der Waals surface area contributed by atoms with Crippen LogP contribution in [0.2, 0.25) is 0 Å². The molecule has 1 aliphatic heterocycles. The van der Waals surface area contributed by atoms with Gasteiger partial charge in [0.15, 0.2) is 0 Å². The monoisotopic (exact) mass is 227 g/mol. The van der Waals surface area contributed by atoms with Gasteiger partial charge in [0, 0.05) is 33.1 Å². The molecule has 0 aromatic heterocycles. The first-order valence-corrected chi connectivity index (χ1v) is 5.77. The fraction of sp³-hybridized carbons (Fsp3) is 0.818. The summed E-state index contributed by atoms with van der Waals surface area (Å²) in [4.78, 5) is 24.3. The van der Waals surface area contributed by atoms with E-state index >= 15 is 0 Å². The zero-order valence-electron chi connectivity index (χ0n) is 10.2. The summed E-state index contributed by atoms with van der Waals surface area (Å²) < 4.78 is 0. The number of nitrogens with one attached hydrogen (secondary N) is 2. The summed E-state index contributed by atoms with van der Waals surface area (Å²) in [5.74, 6) is 0.145. The standard InChI is InChI=1S/C11H21N3O2/c1-8(11(16)12-3)13-10-4-6-14(7-5-10)9(2)15/h8,10,13H,4-7H2,1-3H3,(H,12,16). The Kier molecular flexibility index (Phi) is 4.73. The minimum absolute atomic E-state index is 0.00833. The molecule has 1 heterocycles. The van der Waals surface area contributed by atoms with Gasteiger partial charge in [0.1, 0.15) is 0 Å². The molecule has 2 amide bonds. The van der Waals surface area contributed by atoms with Crippen LogP contribution in [0.4, 0.5) is 0 Å². The summed E-state index contributed by atoms with van der Waals surface area (Å²) in [6.07, 6.45) is 1.84. The van der Waals surface area contributed by atoms with Crippen LogP contribution in [0.25, 0.3) is 0 Å². The maximum absolute atomic E-state index is 11.3. The first-order chi connectivity index (χ1) is 7.54. The quantitative estimate of drug-likeness (QED) is 0.697. The van der Waals surface area contributed by atoms with Gasteiger partial charge < -0.3 is 15.5 Å². The molecule has 0 bridgehead atoms. The van der Waals surface area contributed by atoms with Crippen LogP contribution in [-0.4, -0.2) is 48.9 Å². The highest BCUT2D eigenvalue weighted by Gasteiger charge is 2.23. The van der Waals surface area contributed by atoms with Crippen LogP contribution in [-0.2, 0) is 9.59 Å². The Hall–Kier alpha value is -1.10. The average Bonchev–Trinajstić information content (AvgIpc) is 2.28. The van der Waals surface area contributed by atoms with Crippen LogP contribution in [0.3, 0.4) is 0 Å². The van der Waals surface area contributed by atoms with Crippen LogP contribution in [0, 0.1) is 0 Å². The number of piperidine rings is 1. The van der Waals surface area contributed by atoms with Gasteiger partial charge in [0.2, 0.25) is 11.8 Å². The molecule has 1 atom stereocenters. The highest BCUT2D eigenvalue weighted by atomic mass is 16.2. The molecule has 2 N–H and O–H groups in total. The first-order valence-electron chi connectivity index (χ1n) is 5.77. The molecule has 1 saturated heterocycles. The van der Waals surface area contributed by atoms with Crippen molar-refractivity contribution in [2.24, 2.45) is 0 Å². The van der Waals surface area contributed by atoms with Gasteiger partial charge in [-0.1, -0.05) is 0 Å². The van der Waals surface area contributed by atoms with E-state index in [0.717, 1.165) is 25.9 Å². The molecular weight excluding hydrogens is 206 g/mol. The summed E-state index contributed by atoms with van der Waals surface area (Å²) in [7, 11) is 1.64. The van der Waals surface area contributed by atoms with Gasteiger partial charge in [-0.3, -0.25) is 9.59 Å². The zero-order chi connectivity index (χ0) is 12.1. The minimum atomic E-state index is -0.168. The first kappa shape index (κ1) is 13.0. The van der Waals surface area contributed by atoms with Gasteiger partial charge in [-0.15, -0.1) is 0 Å². The number of nitrogens with zero attached hydrogens (tertiary/aromatic N) is 1. The minimum Gasteiger partial charge on any atom is -0.358 e. The highest BCUT2D eigenvalue weighted by Crippen LogP contribution is 2.10. The van der Waals surface area contributed by atoms with E-state index in [2.05, 4.69) is 10.6 Å². The normalized spacial score (nSPS) is 19.3. The number of rotatable bonds is 3. The van der Waals surface area contributed by atoms with Gasteiger partial charge in [0.05, 0.1) is 6.04 Å². The zero-order valence-corrected chi connectivity index (χ0v) is 10.2. The van der Waals surface area contributed by atoms with E-state index in [1.165, 1.54) is 0 Å². The Balaban J connectivity index is 2.32. The number of carbonyl (C=O) groups excluding carboxylic acids is 2. The number of carbonyl (C=O) groups is 2. The summed E-state index contributed by atoms with van der Waals surface area (Å²) in [5.41, 5.74) is 0. The number of hydrogen-bond donors (Lipinski definition) is 2. The molecule has 0 aliphatic carbocycles. The fourth-order valence-corrected chi connectivity index (χ4v) is 2.01. The second-order valence-electron chi connectivity index (χ2n) is 4.28. The molecule has 5 heteroatoms. The highest BCUT2D eigenvalue weighted by molar-refractivity contribution is 5.81. The lowest BCUT2D eigenvalue weighted by molar-refractivity contribution is -0.130. The van der Waals surface area contributed by atoms with Gasteiger partial charge in [-0.05, 0) is 19.8 Å². The molecular formula is C11H21N3O2. The molecule has 1 unspecified atom stereocenters. The van der Waals surface area contributed by atoms with Crippen molar-refractivity contribution in [2.75, 3.05) is 20.1 Å². The van der Waals surface area contributed by atoms with Crippen molar-refractivity contribution in [3.8, 4) is 0 Å². The predicted octanol–water partition coefficient (Wildman–Crippen LogP) is -0.279. The van der Waals surface area contributed by atoms with Crippen LogP contribution in [0.5, 0.6) is 0 Å². The molecule has 1 fully saturated rings. The number of likely N-dealkylation sites (tertiary alicyclic amines) is 1. The molecule has 0 aromatic carbocycles. The van der Waals surface area contributed by atoms with Crippen LogP contribution >= 0.6 is 0 Å². The lowest BCUT2D eigenvalue weighted by Gasteiger charge is -2.33. The smallest absolute Gasteiger partial charge is 0.236 e. The Morgan fingerprint density at radius 3 is 2.31 bits per heavy atom. The number of hydrogen-bond acceptors (Lipinski definition) is 3. The third-order valence-electron chi connectivity index (χ3n) is 3.07. The van der Waals surface area contributed by atoms with Crippen molar-refractivity contribution >= 4 is 11.8 Å². The summed E-state index contributed by atoms with van der Waals surface area (Å²) in [6.45, 7) is 5.03. The predicted molar refractivity (Wildman–Crippen MR) is 61.9 cm³/mol. The van der Waals surface area contributed by atoms with Crippen molar-refractivity contribution < 1.29 is 9.59 Å². The molecule has 0 aromatic rings. The van der Waals surface area contributed by atoms with E-state index in [1.54, 1.807) is 14.0 Å². The van der Waals surface area contributed by atoms with Gasteiger partial charge in [-0.2, -0.15) is 0 Å². The SMILES string of the molecule is CNC(=O)C(C)NC1CCN(C(C)=O)CC1. The van der Waals surface area contributed by atoms with E-state index in [4.69, 9.17) is 0 Å². The average molecular weight is 227 g/mol. The van der Waals surface area contributed by atoms with E-state index in [0.29, 0.717) is 6.04 Å². The molecule has 1 rings (SSSR count). The second kappa shape index (κ2) is 5.84. The van der Waals surface area contributed by atoms with Crippen LogP contribution < -0.4 is 10.6 Å². The Morgan fingerprint density at radius 1 is 1.31 bits per heavy atom. The maximum atomic E-state index is 11.3. The molecule has 16 heavy (non-hydrogen) atoms. The number of likely N-dealkylation sites (N-methyl/N-ethyl adjacent to an activating group) is 1. The van der Waals surface area contributed by atoms with Crippen molar-refractivity contribution in [1.29, 1.82) is 0 Å².